The Bertz CT molecular complexity index is 2000. The van der Waals surface area contributed by atoms with Crippen LogP contribution in [0.1, 0.15) is 21.5 Å². The molecular weight excluding hydrogens is 562 g/mol. The molecule has 4 N–H and O–H groups in total. The minimum Gasteiger partial charge on any atom is -0.399 e. The standard InChI is InChI=1S/C32H29N7O3S/c1-21-9-14-26(37-32(40)22-10-12-25(33)13-11-22)18-28(21)38-30(35-3)19-29(34-2)24-17-23-15-16-39(31(23)36-20-24)43(41,42)27-7-5-4-6-8-27/h4-20,38H,3,33H2,1-2H3,(H,37,40)/b30-19+,34-29+. The molecule has 0 radical (unpaired) electrons. The third-order valence-electron chi connectivity index (χ3n) is 6.70. The molecule has 216 valence electrons. The third-order valence-corrected chi connectivity index (χ3v) is 8.39. The van der Waals surface area contributed by atoms with Gasteiger partial charge < -0.3 is 16.4 Å². The first-order valence-corrected chi connectivity index (χ1v) is 14.6. The van der Waals surface area contributed by atoms with Crippen molar-refractivity contribution < 1.29 is 13.2 Å². The molecule has 0 aliphatic heterocycles. The fourth-order valence-electron chi connectivity index (χ4n) is 4.38. The average molecular weight is 592 g/mol. The number of nitrogens with two attached hydrogens (primary N) is 1. The summed E-state index contributed by atoms with van der Waals surface area (Å²) in [6.45, 7) is 5.62. The maximum Gasteiger partial charge on any atom is 0.269 e. The topological polar surface area (TPSA) is 144 Å². The molecule has 0 aliphatic rings. The molecule has 5 rings (SSSR count). The Morgan fingerprint density at radius 2 is 1.72 bits per heavy atom. The Hall–Kier alpha value is -5.55. The molecule has 0 unspecified atom stereocenters. The molecule has 0 saturated heterocycles. The fraction of sp³-hybridized carbons (Fsp3) is 0.0625. The highest BCUT2D eigenvalue weighted by molar-refractivity contribution is 7.90. The van der Waals surface area contributed by atoms with Crippen molar-refractivity contribution >= 4 is 56.5 Å². The SMILES string of the molecule is C=N/C(=C\C(=N/C)c1cnc2c(ccn2S(=O)(=O)c2ccccc2)c1)Nc1cc(NC(=O)c2ccc(N)cc2)ccc1C. The fourth-order valence-corrected chi connectivity index (χ4v) is 5.71. The quantitative estimate of drug-likeness (QED) is 0.153. The Balaban J connectivity index is 1.38. The summed E-state index contributed by atoms with van der Waals surface area (Å²) in [5, 5.41) is 6.78. The van der Waals surface area contributed by atoms with Gasteiger partial charge in [-0.15, -0.1) is 0 Å². The highest BCUT2D eigenvalue weighted by atomic mass is 32.2. The number of anilines is 3. The maximum absolute atomic E-state index is 13.2. The van der Waals surface area contributed by atoms with E-state index in [1.807, 2.05) is 25.1 Å². The van der Waals surface area contributed by atoms with Crippen molar-refractivity contribution in [2.45, 2.75) is 11.8 Å². The Labute approximate surface area is 249 Å². The maximum atomic E-state index is 13.2. The lowest BCUT2D eigenvalue weighted by Crippen LogP contribution is -2.12. The number of amides is 1. The second kappa shape index (κ2) is 12.1. The minimum absolute atomic E-state index is 0.175. The van der Waals surface area contributed by atoms with Crippen LogP contribution in [-0.4, -0.2) is 42.8 Å². The van der Waals surface area contributed by atoms with E-state index in [0.29, 0.717) is 50.8 Å². The third kappa shape index (κ3) is 6.21. The van der Waals surface area contributed by atoms with Gasteiger partial charge in [-0.25, -0.2) is 22.4 Å². The first-order valence-electron chi connectivity index (χ1n) is 13.2. The number of hydrogen-bond donors (Lipinski definition) is 3. The van der Waals surface area contributed by atoms with E-state index in [1.54, 1.807) is 86.1 Å². The zero-order chi connectivity index (χ0) is 30.6. The molecule has 43 heavy (non-hydrogen) atoms. The second-order valence-electron chi connectivity index (χ2n) is 9.59. The van der Waals surface area contributed by atoms with E-state index in [9.17, 15) is 13.2 Å². The van der Waals surface area contributed by atoms with E-state index in [0.717, 1.165) is 5.56 Å². The van der Waals surface area contributed by atoms with Gasteiger partial charge in [-0.3, -0.25) is 9.79 Å². The lowest BCUT2D eigenvalue weighted by Gasteiger charge is -2.13. The van der Waals surface area contributed by atoms with Gasteiger partial charge in [-0.05, 0) is 79.9 Å². The number of aromatic nitrogens is 2. The van der Waals surface area contributed by atoms with Gasteiger partial charge in [0.25, 0.3) is 15.9 Å². The summed E-state index contributed by atoms with van der Waals surface area (Å²) in [6.07, 6.45) is 4.77. The average Bonchev–Trinajstić information content (AvgIpc) is 3.46. The van der Waals surface area contributed by atoms with E-state index < -0.39 is 10.0 Å². The normalized spacial score (nSPS) is 12.2. The zero-order valence-corrected chi connectivity index (χ0v) is 24.3. The summed E-state index contributed by atoms with van der Waals surface area (Å²) in [4.78, 5) is 25.9. The molecule has 3 aromatic carbocycles. The number of nitrogen functional groups attached to an aromatic ring is 1. The number of benzene rings is 3. The predicted octanol–water partition coefficient (Wildman–Crippen LogP) is 5.49. The summed E-state index contributed by atoms with van der Waals surface area (Å²) in [5.41, 5.74) is 10.5. The molecule has 2 heterocycles. The van der Waals surface area contributed by atoms with Gasteiger partial charge in [-0.1, -0.05) is 24.3 Å². The molecule has 10 nitrogen and oxygen atoms in total. The highest BCUT2D eigenvalue weighted by Crippen LogP contribution is 2.25. The molecule has 5 aromatic rings. The van der Waals surface area contributed by atoms with Gasteiger partial charge in [0, 0.05) is 59.1 Å². The monoisotopic (exact) mass is 591 g/mol. The summed E-state index contributed by atoms with van der Waals surface area (Å²) in [6, 6.07) is 23.9. The molecule has 0 atom stereocenters. The first-order chi connectivity index (χ1) is 20.7. The lowest BCUT2D eigenvalue weighted by molar-refractivity contribution is 0.102. The van der Waals surface area contributed by atoms with E-state index in [4.69, 9.17) is 5.73 Å². The van der Waals surface area contributed by atoms with E-state index in [2.05, 4.69) is 32.3 Å². The first kappa shape index (κ1) is 29.0. The summed E-state index contributed by atoms with van der Waals surface area (Å²) < 4.78 is 27.5. The van der Waals surface area contributed by atoms with Crippen LogP contribution in [0, 0.1) is 6.92 Å². The largest absolute Gasteiger partial charge is 0.399 e. The number of nitrogens with one attached hydrogen (secondary N) is 2. The second-order valence-corrected chi connectivity index (χ2v) is 11.4. The zero-order valence-electron chi connectivity index (χ0n) is 23.5. The van der Waals surface area contributed by atoms with Crippen molar-refractivity contribution in [3.63, 3.8) is 0 Å². The smallest absolute Gasteiger partial charge is 0.269 e. The lowest BCUT2D eigenvalue weighted by atomic mass is 10.1. The molecular formula is C32H29N7O3S. The molecule has 0 fully saturated rings. The number of carbonyl (C=O) groups is 1. The number of rotatable bonds is 9. The molecule has 2 aromatic heterocycles. The summed E-state index contributed by atoms with van der Waals surface area (Å²) in [5.74, 6) is 0.149. The number of pyridine rings is 1. The van der Waals surface area contributed by atoms with E-state index in [-0.39, 0.29) is 10.8 Å². The molecule has 0 spiro atoms. The van der Waals surface area contributed by atoms with Crippen molar-refractivity contribution in [1.82, 2.24) is 8.96 Å². The molecule has 0 saturated carbocycles. The van der Waals surface area contributed by atoms with Crippen LogP contribution < -0.4 is 16.4 Å². The molecule has 0 bridgehead atoms. The van der Waals surface area contributed by atoms with Crippen LogP contribution in [-0.2, 0) is 10.0 Å². The highest BCUT2D eigenvalue weighted by Gasteiger charge is 2.20. The van der Waals surface area contributed by atoms with Crippen LogP contribution in [0.25, 0.3) is 11.0 Å². The molecule has 1 amide bonds. The van der Waals surface area contributed by atoms with Crippen molar-refractivity contribution in [3.05, 3.63) is 126 Å². The van der Waals surface area contributed by atoms with Crippen LogP contribution in [0.4, 0.5) is 17.1 Å². The predicted molar refractivity (Wildman–Crippen MR) is 172 cm³/mol. The van der Waals surface area contributed by atoms with Gasteiger partial charge >= 0.3 is 0 Å². The Morgan fingerprint density at radius 1 is 0.977 bits per heavy atom. The number of nitrogens with zero attached hydrogens (tertiary/aromatic N) is 4. The van der Waals surface area contributed by atoms with E-state index >= 15 is 0 Å². The van der Waals surface area contributed by atoms with Crippen LogP contribution >= 0.6 is 0 Å². The van der Waals surface area contributed by atoms with Gasteiger partial charge in [0.15, 0.2) is 5.65 Å². The molecule has 11 heteroatoms. The van der Waals surface area contributed by atoms with Gasteiger partial charge in [0.05, 0.1) is 10.6 Å². The van der Waals surface area contributed by atoms with E-state index in [1.165, 1.54) is 10.2 Å². The van der Waals surface area contributed by atoms with Gasteiger partial charge in [-0.2, -0.15) is 0 Å². The van der Waals surface area contributed by atoms with Crippen molar-refractivity contribution in [1.29, 1.82) is 0 Å². The number of aryl methyl sites for hydroxylation is 1. The van der Waals surface area contributed by atoms with Crippen molar-refractivity contribution in [2.24, 2.45) is 9.98 Å². The minimum atomic E-state index is -3.80. The number of carbonyl (C=O) groups excluding carboxylic acids is 1. The summed E-state index contributed by atoms with van der Waals surface area (Å²) >= 11 is 0. The Morgan fingerprint density at radius 3 is 2.42 bits per heavy atom. The number of aliphatic imine (C=N–C) groups is 2. The number of allylic oxidation sites excluding steroid dienone is 1. The summed E-state index contributed by atoms with van der Waals surface area (Å²) in [7, 11) is -2.16. The van der Waals surface area contributed by atoms with Crippen molar-refractivity contribution in [3.8, 4) is 0 Å². The molecule has 0 aliphatic carbocycles. The van der Waals surface area contributed by atoms with Crippen LogP contribution in [0.3, 0.4) is 0 Å². The van der Waals surface area contributed by atoms with Crippen LogP contribution in [0.2, 0.25) is 0 Å². The Kier molecular flexibility index (Phi) is 8.17. The number of hydrogen-bond acceptors (Lipinski definition) is 8. The number of fused-ring (bicyclic) bond motifs is 1. The van der Waals surface area contributed by atoms with Gasteiger partial charge in [0.2, 0.25) is 0 Å². The van der Waals surface area contributed by atoms with Crippen LogP contribution in [0.5, 0.6) is 0 Å². The van der Waals surface area contributed by atoms with Gasteiger partial charge in [0.1, 0.15) is 5.82 Å². The van der Waals surface area contributed by atoms with Crippen molar-refractivity contribution in [2.75, 3.05) is 23.4 Å². The van der Waals surface area contributed by atoms with Crippen LogP contribution in [0.15, 0.2) is 124 Å².